The predicted molar refractivity (Wildman–Crippen MR) is 122 cm³/mol. The van der Waals surface area contributed by atoms with Crippen LogP contribution in [0, 0.1) is 0 Å². The zero-order valence-electron chi connectivity index (χ0n) is 16.8. The fraction of sp³-hybridized carbons (Fsp3) is 0.364. The number of nitrogens with one attached hydrogen (secondary N) is 1. The van der Waals surface area contributed by atoms with Crippen molar-refractivity contribution in [3.8, 4) is 0 Å². The van der Waals surface area contributed by atoms with Gasteiger partial charge in [-0.15, -0.1) is 11.8 Å². The van der Waals surface area contributed by atoms with Gasteiger partial charge in [0.25, 0.3) is 0 Å². The third kappa shape index (κ3) is 7.25. The highest BCUT2D eigenvalue weighted by Gasteiger charge is 2.26. The van der Waals surface area contributed by atoms with Crippen LogP contribution in [0.1, 0.15) is 31.9 Å². The largest absolute Gasteiger partial charge is 0.352 e. The Labute approximate surface area is 187 Å². The molecule has 2 aromatic carbocycles. The Morgan fingerprint density at radius 1 is 0.966 bits per heavy atom. The number of carbonyl (C=O) groups excluding carboxylic acids is 2. The van der Waals surface area contributed by atoms with Crippen LogP contribution in [0.5, 0.6) is 0 Å². The van der Waals surface area contributed by atoms with E-state index in [4.69, 9.17) is 23.2 Å². The van der Waals surface area contributed by atoms with Crippen molar-refractivity contribution >= 4 is 46.8 Å². The lowest BCUT2D eigenvalue weighted by Crippen LogP contribution is -2.49. The first-order valence-electron chi connectivity index (χ1n) is 9.44. The zero-order valence-corrected chi connectivity index (χ0v) is 19.2. The third-order valence-corrected chi connectivity index (χ3v) is 6.04. The van der Waals surface area contributed by atoms with E-state index in [1.54, 1.807) is 17.9 Å². The third-order valence-electron chi connectivity index (χ3n) is 4.34. The fourth-order valence-corrected chi connectivity index (χ4v) is 4.14. The van der Waals surface area contributed by atoms with Crippen LogP contribution in [0.3, 0.4) is 0 Å². The molecule has 0 saturated heterocycles. The summed E-state index contributed by atoms with van der Waals surface area (Å²) in [6.45, 7) is 5.80. The summed E-state index contributed by atoms with van der Waals surface area (Å²) in [5.74, 6) is 0.567. The number of benzene rings is 2. The van der Waals surface area contributed by atoms with Crippen LogP contribution in [0.15, 0.2) is 48.5 Å². The molecule has 0 aromatic heterocycles. The number of halogens is 2. The summed E-state index contributed by atoms with van der Waals surface area (Å²) >= 11 is 14.0. The first-order valence-corrected chi connectivity index (χ1v) is 11.3. The molecular weight excluding hydrogens is 427 g/mol. The van der Waals surface area contributed by atoms with Crippen molar-refractivity contribution in [2.24, 2.45) is 0 Å². The zero-order chi connectivity index (χ0) is 21.4. The molecule has 0 aliphatic carbocycles. The summed E-state index contributed by atoms with van der Waals surface area (Å²) < 4.78 is 0. The molecule has 1 N–H and O–H groups in total. The maximum Gasteiger partial charge on any atom is 0.242 e. The molecular formula is C22H26Cl2N2O2S. The van der Waals surface area contributed by atoms with Crippen LogP contribution in [-0.4, -0.2) is 34.6 Å². The van der Waals surface area contributed by atoms with E-state index >= 15 is 0 Å². The van der Waals surface area contributed by atoms with Gasteiger partial charge in [0, 0.05) is 28.4 Å². The van der Waals surface area contributed by atoms with Crippen LogP contribution in [0.4, 0.5) is 0 Å². The first-order chi connectivity index (χ1) is 13.8. The Balaban J connectivity index is 2.10. The van der Waals surface area contributed by atoms with Crippen molar-refractivity contribution in [2.45, 2.75) is 45.2 Å². The lowest BCUT2D eigenvalue weighted by atomic mass is 10.1. The van der Waals surface area contributed by atoms with Gasteiger partial charge in [-0.3, -0.25) is 9.59 Å². The highest BCUT2D eigenvalue weighted by Crippen LogP contribution is 2.23. The SMILES string of the molecule is CC(C)NC(=O)C(C)N(Cc1ccccc1Cl)C(=O)CSCc1ccccc1Cl. The van der Waals surface area contributed by atoms with Crippen LogP contribution >= 0.6 is 35.0 Å². The molecule has 1 unspecified atom stereocenters. The van der Waals surface area contributed by atoms with E-state index in [0.29, 0.717) is 15.8 Å². The van der Waals surface area contributed by atoms with Crippen molar-refractivity contribution in [1.82, 2.24) is 10.2 Å². The lowest BCUT2D eigenvalue weighted by molar-refractivity contribution is -0.138. The Bertz CT molecular complexity index is 845. The minimum absolute atomic E-state index is 0.00295. The summed E-state index contributed by atoms with van der Waals surface area (Å²) in [5.41, 5.74) is 1.79. The van der Waals surface area contributed by atoms with Gasteiger partial charge in [-0.05, 0) is 44.0 Å². The second kappa shape index (κ2) is 11.5. The molecule has 2 rings (SSSR count). The van der Waals surface area contributed by atoms with Crippen molar-refractivity contribution in [1.29, 1.82) is 0 Å². The Hall–Kier alpha value is -1.69. The molecule has 156 valence electrons. The van der Waals surface area contributed by atoms with E-state index in [0.717, 1.165) is 11.1 Å². The molecule has 29 heavy (non-hydrogen) atoms. The molecule has 2 amide bonds. The van der Waals surface area contributed by atoms with Gasteiger partial charge >= 0.3 is 0 Å². The number of nitrogens with zero attached hydrogens (tertiary/aromatic N) is 1. The van der Waals surface area contributed by atoms with Gasteiger partial charge in [0.05, 0.1) is 5.75 Å². The number of rotatable bonds is 9. The molecule has 0 spiro atoms. The van der Waals surface area contributed by atoms with Gasteiger partial charge in [0.2, 0.25) is 11.8 Å². The average molecular weight is 453 g/mol. The number of hydrogen-bond acceptors (Lipinski definition) is 3. The quantitative estimate of drug-likeness (QED) is 0.570. The predicted octanol–water partition coefficient (Wildman–Crippen LogP) is 5.17. The maximum absolute atomic E-state index is 13.0. The molecule has 4 nitrogen and oxygen atoms in total. The highest BCUT2D eigenvalue weighted by molar-refractivity contribution is 7.99. The number of thioether (sulfide) groups is 1. The molecule has 0 fully saturated rings. The van der Waals surface area contributed by atoms with Gasteiger partial charge in [-0.25, -0.2) is 0 Å². The minimum atomic E-state index is -0.609. The van der Waals surface area contributed by atoms with Gasteiger partial charge in [-0.2, -0.15) is 0 Å². The monoisotopic (exact) mass is 452 g/mol. The molecule has 0 aliphatic rings. The number of carbonyl (C=O) groups is 2. The molecule has 0 bridgehead atoms. The van der Waals surface area contributed by atoms with E-state index < -0.39 is 6.04 Å². The topological polar surface area (TPSA) is 49.4 Å². The second-order valence-electron chi connectivity index (χ2n) is 7.04. The van der Waals surface area contributed by atoms with Crippen LogP contribution in [0.2, 0.25) is 10.0 Å². The van der Waals surface area contributed by atoms with Crippen molar-refractivity contribution in [2.75, 3.05) is 5.75 Å². The Kier molecular flexibility index (Phi) is 9.34. The summed E-state index contributed by atoms with van der Waals surface area (Å²) in [6.07, 6.45) is 0. The van der Waals surface area contributed by atoms with Crippen molar-refractivity contribution in [3.63, 3.8) is 0 Å². The summed E-state index contributed by atoms with van der Waals surface area (Å²) in [7, 11) is 0. The van der Waals surface area contributed by atoms with Crippen LogP contribution in [-0.2, 0) is 21.9 Å². The molecule has 7 heteroatoms. The molecule has 0 saturated carbocycles. The van der Waals surface area contributed by atoms with Gasteiger partial charge in [-0.1, -0.05) is 59.6 Å². The minimum Gasteiger partial charge on any atom is -0.352 e. The van der Waals surface area contributed by atoms with Crippen molar-refractivity contribution < 1.29 is 9.59 Å². The van der Waals surface area contributed by atoms with E-state index in [2.05, 4.69) is 5.32 Å². The average Bonchev–Trinajstić information content (AvgIpc) is 2.67. The standard InChI is InChI=1S/C22H26Cl2N2O2S/c1-15(2)25-22(28)16(3)26(12-17-8-4-6-10-19(17)23)21(27)14-29-13-18-9-5-7-11-20(18)24/h4-11,15-16H,12-14H2,1-3H3,(H,25,28). The van der Waals surface area contributed by atoms with Crippen LogP contribution in [0.25, 0.3) is 0 Å². The van der Waals surface area contributed by atoms with Gasteiger partial charge in [0.1, 0.15) is 6.04 Å². The Morgan fingerprint density at radius 2 is 1.52 bits per heavy atom. The Morgan fingerprint density at radius 3 is 2.07 bits per heavy atom. The van der Waals surface area contributed by atoms with E-state index in [-0.39, 0.29) is 30.2 Å². The molecule has 0 heterocycles. The summed E-state index contributed by atoms with van der Waals surface area (Å²) in [6, 6.07) is 14.3. The highest BCUT2D eigenvalue weighted by atomic mass is 35.5. The van der Waals surface area contributed by atoms with E-state index in [1.807, 2.05) is 56.3 Å². The van der Waals surface area contributed by atoms with Gasteiger partial charge < -0.3 is 10.2 Å². The lowest BCUT2D eigenvalue weighted by Gasteiger charge is -2.29. The number of hydrogen-bond donors (Lipinski definition) is 1. The summed E-state index contributed by atoms with van der Waals surface area (Å²) in [4.78, 5) is 27.1. The number of amides is 2. The van der Waals surface area contributed by atoms with E-state index in [1.165, 1.54) is 11.8 Å². The molecule has 2 aromatic rings. The molecule has 0 aliphatic heterocycles. The van der Waals surface area contributed by atoms with Crippen molar-refractivity contribution in [3.05, 3.63) is 69.7 Å². The van der Waals surface area contributed by atoms with E-state index in [9.17, 15) is 9.59 Å². The normalized spacial score (nSPS) is 11.9. The van der Waals surface area contributed by atoms with Crippen LogP contribution < -0.4 is 5.32 Å². The maximum atomic E-state index is 13.0. The second-order valence-corrected chi connectivity index (χ2v) is 8.84. The molecule has 0 radical (unpaired) electrons. The smallest absolute Gasteiger partial charge is 0.242 e. The summed E-state index contributed by atoms with van der Waals surface area (Å²) in [5, 5.41) is 4.14. The van der Waals surface area contributed by atoms with Gasteiger partial charge in [0.15, 0.2) is 0 Å². The fourth-order valence-electron chi connectivity index (χ4n) is 2.74. The molecule has 1 atom stereocenters. The first kappa shape index (κ1) is 23.6.